The quantitative estimate of drug-likeness (QED) is 0.583. The van der Waals surface area contributed by atoms with Gasteiger partial charge >= 0.3 is 0 Å². The predicted molar refractivity (Wildman–Crippen MR) is 104 cm³/mol. The summed E-state index contributed by atoms with van der Waals surface area (Å²) < 4.78 is 0. The van der Waals surface area contributed by atoms with Crippen LogP contribution in [-0.2, 0) is 0 Å². The zero-order chi connectivity index (χ0) is 16.1. The molecule has 2 atom stereocenters. The van der Waals surface area contributed by atoms with Crippen LogP contribution >= 0.6 is 11.8 Å². The average molecular weight is 321 g/mol. The third-order valence-corrected chi connectivity index (χ3v) is 6.20. The summed E-state index contributed by atoms with van der Waals surface area (Å²) in [6, 6.07) is 13.4. The molecule has 2 unspecified atom stereocenters. The van der Waals surface area contributed by atoms with Gasteiger partial charge in [-0.2, -0.15) is 0 Å². The van der Waals surface area contributed by atoms with E-state index in [1.54, 1.807) is 0 Å². The lowest BCUT2D eigenvalue weighted by Gasteiger charge is -2.41. The summed E-state index contributed by atoms with van der Waals surface area (Å²) in [5, 5.41) is 0.979. The second-order valence-electron chi connectivity index (χ2n) is 6.80. The van der Waals surface area contributed by atoms with E-state index in [1.807, 2.05) is 0 Å². The Morgan fingerprint density at radius 3 is 2.48 bits per heavy atom. The Hall–Kier alpha value is -1.67. The van der Waals surface area contributed by atoms with Crippen LogP contribution in [0.3, 0.4) is 0 Å². The highest BCUT2D eigenvalue weighted by Gasteiger charge is 2.34. The Balaban J connectivity index is 2.06. The number of hydrogen-bond acceptors (Lipinski definition) is 2. The van der Waals surface area contributed by atoms with Crippen molar-refractivity contribution in [1.29, 1.82) is 0 Å². The lowest BCUT2D eigenvalue weighted by atomic mass is 9.90. The van der Waals surface area contributed by atoms with E-state index >= 15 is 0 Å². The molecule has 0 N–H and O–H groups in total. The second-order valence-corrected chi connectivity index (χ2v) is 8.46. The van der Waals surface area contributed by atoms with Crippen LogP contribution in [0.4, 0.5) is 11.4 Å². The molecule has 0 spiro atoms. The van der Waals surface area contributed by atoms with E-state index in [9.17, 15) is 0 Å². The van der Waals surface area contributed by atoms with Crippen LogP contribution in [0, 0.1) is 0 Å². The zero-order valence-electron chi connectivity index (χ0n) is 14.2. The molecule has 0 bridgehead atoms. The normalized spacial score (nSPS) is 21.9. The molecule has 2 aliphatic rings. The third kappa shape index (κ3) is 2.23. The molecule has 2 aromatic carbocycles. The van der Waals surface area contributed by atoms with E-state index < -0.39 is 0 Å². The maximum atomic E-state index is 2.55. The third-order valence-electron chi connectivity index (χ3n) is 4.95. The minimum Gasteiger partial charge on any atom is -0.328 e. The van der Waals surface area contributed by atoms with Gasteiger partial charge in [-0.05, 0) is 48.1 Å². The highest BCUT2D eigenvalue weighted by molar-refractivity contribution is 8.00. The first-order chi connectivity index (χ1) is 11.1. The van der Waals surface area contributed by atoms with E-state index in [2.05, 4.69) is 92.9 Å². The van der Waals surface area contributed by atoms with Crippen LogP contribution in [-0.4, -0.2) is 5.37 Å². The molecule has 2 heterocycles. The molecule has 0 saturated heterocycles. The predicted octanol–water partition coefficient (Wildman–Crippen LogP) is 6.59. The standard InChI is InChI=1S/C21H23NS/c1-13(2)18-12-11-17-10-9-16-7-5-6-8-19(16)22-15(4)23-14(3)20(18)21(17)22/h5-15H,1-4H3. The first kappa shape index (κ1) is 14.9. The highest BCUT2D eigenvalue weighted by Crippen LogP contribution is 2.53. The van der Waals surface area contributed by atoms with Crippen LogP contribution in [0.25, 0.3) is 12.2 Å². The molecule has 0 aliphatic carbocycles. The van der Waals surface area contributed by atoms with Crippen molar-refractivity contribution in [3.8, 4) is 0 Å². The van der Waals surface area contributed by atoms with Gasteiger partial charge in [0.1, 0.15) is 0 Å². The van der Waals surface area contributed by atoms with Gasteiger partial charge in [-0.3, -0.25) is 0 Å². The van der Waals surface area contributed by atoms with Gasteiger partial charge in [0.15, 0.2) is 0 Å². The van der Waals surface area contributed by atoms with Crippen molar-refractivity contribution in [1.82, 2.24) is 0 Å². The molecular formula is C21H23NS. The molecule has 4 rings (SSSR count). The summed E-state index contributed by atoms with van der Waals surface area (Å²) in [5.41, 5.74) is 8.44. The van der Waals surface area contributed by atoms with Crippen molar-refractivity contribution < 1.29 is 0 Å². The van der Waals surface area contributed by atoms with Crippen molar-refractivity contribution in [2.75, 3.05) is 4.90 Å². The Kier molecular flexibility index (Phi) is 3.53. The van der Waals surface area contributed by atoms with E-state index in [0.717, 1.165) is 0 Å². The van der Waals surface area contributed by atoms with E-state index in [-0.39, 0.29) is 0 Å². The molecular weight excluding hydrogens is 298 g/mol. The number of rotatable bonds is 1. The summed E-state index contributed by atoms with van der Waals surface area (Å²) in [7, 11) is 0. The molecule has 118 valence electrons. The fourth-order valence-corrected chi connectivity index (χ4v) is 5.24. The van der Waals surface area contributed by atoms with Crippen molar-refractivity contribution in [3.63, 3.8) is 0 Å². The molecule has 1 nitrogen and oxygen atoms in total. The Morgan fingerprint density at radius 2 is 1.70 bits per heavy atom. The van der Waals surface area contributed by atoms with E-state index in [1.165, 1.54) is 33.6 Å². The Morgan fingerprint density at radius 1 is 0.957 bits per heavy atom. The minimum absolute atomic E-state index is 0.444. The maximum absolute atomic E-state index is 2.55. The molecule has 0 radical (unpaired) electrons. The number of para-hydroxylation sites is 1. The molecule has 2 aliphatic heterocycles. The Bertz CT molecular complexity index is 790. The van der Waals surface area contributed by atoms with Crippen LogP contribution in [0.2, 0.25) is 0 Å². The van der Waals surface area contributed by atoms with Gasteiger partial charge in [0.05, 0.1) is 11.1 Å². The smallest absolute Gasteiger partial charge is 0.0778 e. The molecule has 23 heavy (non-hydrogen) atoms. The number of benzene rings is 2. The van der Waals surface area contributed by atoms with E-state index in [0.29, 0.717) is 16.5 Å². The molecule has 0 saturated carbocycles. The number of fused-ring (bicyclic) bond motifs is 2. The van der Waals surface area contributed by atoms with Crippen molar-refractivity contribution >= 4 is 35.3 Å². The summed E-state index contributed by atoms with van der Waals surface area (Å²) in [6.45, 7) is 9.30. The van der Waals surface area contributed by atoms with Gasteiger partial charge in [0.2, 0.25) is 0 Å². The summed E-state index contributed by atoms with van der Waals surface area (Å²) in [4.78, 5) is 2.55. The van der Waals surface area contributed by atoms with Crippen molar-refractivity contribution in [2.24, 2.45) is 0 Å². The van der Waals surface area contributed by atoms with Gasteiger partial charge in [-0.25, -0.2) is 0 Å². The van der Waals surface area contributed by atoms with Crippen LogP contribution in [0.15, 0.2) is 36.4 Å². The lowest BCUT2D eigenvalue weighted by Crippen LogP contribution is -2.32. The molecule has 2 heteroatoms. The Labute approximate surface area is 143 Å². The monoisotopic (exact) mass is 321 g/mol. The fraction of sp³-hybridized carbons (Fsp3) is 0.333. The minimum atomic E-state index is 0.444. The molecule has 0 aromatic heterocycles. The SMILES string of the molecule is CC(C)c1ccc2c3c1C(C)SC(C)N3c1ccccc1C=C2. The van der Waals surface area contributed by atoms with Crippen LogP contribution in [0.5, 0.6) is 0 Å². The number of anilines is 2. The highest BCUT2D eigenvalue weighted by atomic mass is 32.2. The van der Waals surface area contributed by atoms with Gasteiger partial charge in [-0.15, -0.1) is 11.8 Å². The van der Waals surface area contributed by atoms with Gasteiger partial charge < -0.3 is 4.90 Å². The van der Waals surface area contributed by atoms with Gasteiger partial charge in [-0.1, -0.05) is 56.3 Å². The first-order valence-corrected chi connectivity index (χ1v) is 9.41. The second kappa shape index (κ2) is 5.45. The number of thioether (sulfide) groups is 1. The largest absolute Gasteiger partial charge is 0.328 e. The van der Waals surface area contributed by atoms with Crippen molar-refractivity contribution in [3.05, 3.63) is 58.7 Å². The summed E-state index contributed by atoms with van der Waals surface area (Å²) >= 11 is 2.06. The topological polar surface area (TPSA) is 3.24 Å². The molecule has 2 aromatic rings. The number of nitrogens with zero attached hydrogens (tertiary/aromatic N) is 1. The lowest BCUT2D eigenvalue weighted by molar-refractivity contribution is 0.819. The molecule has 0 fully saturated rings. The fourth-order valence-electron chi connectivity index (χ4n) is 3.92. The first-order valence-electron chi connectivity index (χ1n) is 8.46. The van der Waals surface area contributed by atoms with Crippen molar-refractivity contribution in [2.45, 2.75) is 44.2 Å². The maximum Gasteiger partial charge on any atom is 0.0778 e. The zero-order valence-corrected chi connectivity index (χ0v) is 15.0. The number of hydrogen-bond donors (Lipinski definition) is 0. The van der Waals surface area contributed by atoms with Gasteiger partial charge in [0, 0.05) is 10.9 Å². The van der Waals surface area contributed by atoms with E-state index in [4.69, 9.17) is 0 Å². The molecule has 0 amide bonds. The summed E-state index contributed by atoms with van der Waals surface area (Å²) in [5.74, 6) is 0.552. The van der Waals surface area contributed by atoms with Crippen LogP contribution < -0.4 is 4.90 Å². The van der Waals surface area contributed by atoms with Gasteiger partial charge in [0.25, 0.3) is 0 Å². The summed E-state index contributed by atoms with van der Waals surface area (Å²) in [6.07, 6.45) is 4.55. The van der Waals surface area contributed by atoms with Crippen LogP contribution in [0.1, 0.15) is 61.1 Å². The average Bonchev–Trinajstić information content (AvgIpc) is 2.69.